The molecule has 1 aliphatic heterocycles. The molecule has 8 nitrogen and oxygen atoms in total. The maximum atomic E-state index is 13.8. The van der Waals surface area contributed by atoms with Crippen LogP contribution in [0.15, 0.2) is 71.1 Å². The van der Waals surface area contributed by atoms with Crippen molar-refractivity contribution in [1.29, 1.82) is 0 Å². The van der Waals surface area contributed by atoms with E-state index < -0.39 is 23.8 Å². The minimum atomic E-state index is -0.958. The minimum absolute atomic E-state index is 0.180. The van der Waals surface area contributed by atoms with Crippen molar-refractivity contribution in [3.05, 3.63) is 82.2 Å². The first-order valence-electron chi connectivity index (χ1n) is 12.6. The van der Waals surface area contributed by atoms with Gasteiger partial charge in [-0.1, -0.05) is 43.3 Å². The molecular formula is C30H33NO7. The monoisotopic (exact) mass is 519 g/mol. The molecule has 0 aromatic heterocycles. The van der Waals surface area contributed by atoms with Crippen LogP contribution in [0.5, 0.6) is 11.5 Å². The van der Waals surface area contributed by atoms with E-state index in [2.05, 4.69) is 5.32 Å². The number of nitrogens with one attached hydrogen (secondary N) is 1. The van der Waals surface area contributed by atoms with Crippen molar-refractivity contribution in [2.24, 2.45) is 11.8 Å². The van der Waals surface area contributed by atoms with Gasteiger partial charge in [-0.05, 0) is 49.4 Å². The standard InChI is InChI=1S/C30H33NO7/c1-6-37-30(34)25-18(3)31-21-14-17(2)24(29(33)36-5)28(32)27(21)26(25)20-12-13-22(23(15-20)35-4)38-16-19-10-8-7-9-11-19/h7-13,15,17,24,26,31H,6,14,16H2,1-5H3/t17-,24+,26+/m1/s1. The Labute approximate surface area is 222 Å². The summed E-state index contributed by atoms with van der Waals surface area (Å²) in [6.07, 6.45) is 0.459. The number of dihydropyridines is 1. The van der Waals surface area contributed by atoms with Crippen molar-refractivity contribution in [2.45, 2.75) is 39.7 Å². The molecule has 1 N–H and O–H groups in total. The first-order chi connectivity index (χ1) is 18.3. The van der Waals surface area contributed by atoms with Crippen molar-refractivity contribution >= 4 is 17.7 Å². The highest BCUT2D eigenvalue weighted by Crippen LogP contribution is 2.46. The molecule has 0 saturated carbocycles. The Morgan fingerprint density at radius 3 is 2.45 bits per heavy atom. The predicted octanol–water partition coefficient (Wildman–Crippen LogP) is 4.45. The lowest BCUT2D eigenvalue weighted by Crippen LogP contribution is -2.43. The maximum absolute atomic E-state index is 13.8. The fourth-order valence-corrected chi connectivity index (χ4v) is 5.21. The molecule has 200 valence electrons. The Bertz CT molecular complexity index is 1290. The number of esters is 2. The number of rotatable bonds is 8. The number of hydrogen-bond donors (Lipinski definition) is 1. The predicted molar refractivity (Wildman–Crippen MR) is 140 cm³/mol. The van der Waals surface area contributed by atoms with Crippen molar-refractivity contribution in [3.63, 3.8) is 0 Å². The molecular weight excluding hydrogens is 486 g/mol. The number of benzene rings is 2. The average molecular weight is 520 g/mol. The highest BCUT2D eigenvalue weighted by atomic mass is 16.5. The maximum Gasteiger partial charge on any atom is 0.336 e. The zero-order valence-corrected chi connectivity index (χ0v) is 22.3. The molecule has 0 amide bonds. The van der Waals surface area contributed by atoms with E-state index in [1.54, 1.807) is 26.0 Å². The van der Waals surface area contributed by atoms with Crippen molar-refractivity contribution in [2.75, 3.05) is 20.8 Å². The summed E-state index contributed by atoms with van der Waals surface area (Å²) < 4.78 is 22.0. The first-order valence-corrected chi connectivity index (χ1v) is 12.6. The molecule has 38 heavy (non-hydrogen) atoms. The minimum Gasteiger partial charge on any atom is -0.493 e. The summed E-state index contributed by atoms with van der Waals surface area (Å²) in [4.78, 5) is 39.6. The van der Waals surface area contributed by atoms with Crippen LogP contribution in [-0.4, -0.2) is 38.5 Å². The van der Waals surface area contributed by atoms with Gasteiger partial charge >= 0.3 is 11.9 Å². The third-order valence-electron chi connectivity index (χ3n) is 7.00. The second-order valence-corrected chi connectivity index (χ2v) is 9.44. The number of carbonyl (C=O) groups excluding carboxylic acids is 3. The van der Waals surface area contributed by atoms with Crippen molar-refractivity contribution < 1.29 is 33.3 Å². The summed E-state index contributed by atoms with van der Waals surface area (Å²) in [5.74, 6) is -2.46. The third kappa shape index (κ3) is 5.16. The highest BCUT2D eigenvalue weighted by molar-refractivity contribution is 6.12. The van der Waals surface area contributed by atoms with Crippen LogP contribution in [-0.2, 0) is 30.5 Å². The number of Topliss-reactive ketones (excluding diaryl/α,β-unsaturated/α-hetero) is 1. The van der Waals surface area contributed by atoms with Gasteiger partial charge in [0.05, 0.1) is 26.4 Å². The van der Waals surface area contributed by atoms with E-state index in [4.69, 9.17) is 18.9 Å². The lowest BCUT2D eigenvalue weighted by molar-refractivity contribution is -0.151. The zero-order valence-electron chi connectivity index (χ0n) is 22.3. The lowest BCUT2D eigenvalue weighted by Gasteiger charge is -2.38. The number of allylic oxidation sites excluding steroid dienone is 3. The number of ether oxygens (including phenoxy) is 4. The summed E-state index contributed by atoms with van der Waals surface area (Å²) in [5.41, 5.74) is 3.64. The normalized spacial score (nSPS) is 20.9. The molecule has 1 heterocycles. The molecule has 4 rings (SSSR count). The Balaban J connectivity index is 1.79. The molecule has 0 unspecified atom stereocenters. The van der Waals surface area contributed by atoms with Crippen LogP contribution in [0, 0.1) is 11.8 Å². The second-order valence-electron chi connectivity index (χ2n) is 9.44. The average Bonchev–Trinajstić information content (AvgIpc) is 2.91. The smallest absolute Gasteiger partial charge is 0.336 e. The fourth-order valence-electron chi connectivity index (χ4n) is 5.21. The number of hydrogen-bond acceptors (Lipinski definition) is 8. The molecule has 0 bridgehead atoms. The van der Waals surface area contributed by atoms with Gasteiger partial charge in [-0.25, -0.2) is 4.79 Å². The SMILES string of the molecule is CCOC(=O)C1=C(C)NC2=C(C(=O)[C@@H](C(=O)OC)[C@H](C)C2)[C@H]1c1ccc(OCc2ccccc2)c(OC)c1. The van der Waals surface area contributed by atoms with Gasteiger partial charge in [0.1, 0.15) is 12.5 Å². The van der Waals surface area contributed by atoms with Crippen molar-refractivity contribution in [1.82, 2.24) is 5.32 Å². The molecule has 2 aromatic carbocycles. The summed E-state index contributed by atoms with van der Waals surface area (Å²) in [5, 5.41) is 3.25. The molecule has 0 radical (unpaired) electrons. The van der Waals surface area contributed by atoms with E-state index in [0.29, 0.717) is 52.6 Å². The topological polar surface area (TPSA) is 100 Å². The van der Waals surface area contributed by atoms with Gasteiger partial charge in [-0.3, -0.25) is 9.59 Å². The van der Waals surface area contributed by atoms with Gasteiger partial charge in [-0.2, -0.15) is 0 Å². The van der Waals surface area contributed by atoms with Gasteiger partial charge in [0.15, 0.2) is 17.3 Å². The van der Waals surface area contributed by atoms with Crippen LogP contribution in [0.25, 0.3) is 0 Å². The Hall–Kier alpha value is -4.07. The van der Waals surface area contributed by atoms with Gasteiger partial charge in [0.2, 0.25) is 0 Å². The Morgan fingerprint density at radius 1 is 1.05 bits per heavy atom. The molecule has 2 aromatic rings. The summed E-state index contributed by atoms with van der Waals surface area (Å²) in [6.45, 7) is 5.90. The highest BCUT2D eigenvalue weighted by Gasteiger charge is 2.47. The van der Waals surface area contributed by atoms with Crippen LogP contribution in [0.4, 0.5) is 0 Å². The Kier molecular flexibility index (Phi) is 8.20. The molecule has 0 fully saturated rings. The molecule has 0 saturated heterocycles. The first kappa shape index (κ1) is 27.0. The summed E-state index contributed by atoms with van der Waals surface area (Å²) in [7, 11) is 2.81. The quantitative estimate of drug-likeness (QED) is 0.403. The number of methoxy groups -OCH3 is 2. The van der Waals surface area contributed by atoms with Crippen LogP contribution in [0.3, 0.4) is 0 Å². The van der Waals surface area contributed by atoms with E-state index in [-0.39, 0.29) is 18.3 Å². The second kappa shape index (κ2) is 11.5. The molecule has 1 aliphatic carbocycles. The van der Waals surface area contributed by atoms with Gasteiger partial charge < -0.3 is 24.3 Å². The van der Waals surface area contributed by atoms with E-state index in [1.807, 2.05) is 43.3 Å². The summed E-state index contributed by atoms with van der Waals surface area (Å²) in [6, 6.07) is 15.1. The van der Waals surface area contributed by atoms with Gasteiger partial charge in [0, 0.05) is 22.9 Å². The van der Waals surface area contributed by atoms with E-state index in [1.165, 1.54) is 14.2 Å². The fraction of sp³-hybridized carbons (Fsp3) is 0.367. The largest absolute Gasteiger partial charge is 0.493 e. The lowest BCUT2D eigenvalue weighted by atomic mass is 9.69. The molecule has 8 heteroatoms. The summed E-state index contributed by atoms with van der Waals surface area (Å²) >= 11 is 0. The molecule has 0 spiro atoms. The zero-order chi connectivity index (χ0) is 27.4. The molecule has 2 aliphatic rings. The molecule has 3 atom stereocenters. The van der Waals surface area contributed by atoms with Crippen LogP contribution >= 0.6 is 0 Å². The van der Waals surface area contributed by atoms with Crippen molar-refractivity contribution in [3.8, 4) is 11.5 Å². The Morgan fingerprint density at radius 2 is 1.79 bits per heavy atom. The van der Waals surface area contributed by atoms with E-state index >= 15 is 0 Å². The van der Waals surface area contributed by atoms with Gasteiger partial charge in [0.25, 0.3) is 0 Å². The van der Waals surface area contributed by atoms with Crippen LogP contribution < -0.4 is 14.8 Å². The number of ketones is 1. The van der Waals surface area contributed by atoms with Crippen LogP contribution in [0.2, 0.25) is 0 Å². The number of carbonyl (C=O) groups is 3. The third-order valence-corrected chi connectivity index (χ3v) is 7.00. The van der Waals surface area contributed by atoms with E-state index in [0.717, 1.165) is 5.56 Å². The van der Waals surface area contributed by atoms with Gasteiger partial charge in [-0.15, -0.1) is 0 Å². The van der Waals surface area contributed by atoms with Crippen LogP contribution in [0.1, 0.15) is 44.2 Å². The van der Waals surface area contributed by atoms with E-state index in [9.17, 15) is 14.4 Å².